The summed E-state index contributed by atoms with van der Waals surface area (Å²) in [6.45, 7) is 3.89. The Labute approximate surface area is 230 Å². The van der Waals surface area contributed by atoms with Gasteiger partial charge in [0.05, 0.1) is 21.9 Å². The number of carbonyl (C=O) groups is 1. The van der Waals surface area contributed by atoms with Crippen molar-refractivity contribution in [3.63, 3.8) is 0 Å². The van der Waals surface area contributed by atoms with E-state index in [4.69, 9.17) is 4.42 Å². The van der Waals surface area contributed by atoms with Crippen molar-refractivity contribution in [2.75, 3.05) is 4.90 Å². The summed E-state index contributed by atoms with van der Waals surface area (Å²) < 4.78 is 6.63. The molecule has 0 aliphatic carbocycles. The van der Waals surface area contributed by atoms with Crippen molar-refractivity contribution in [1.29, 1.82) is 0 Å². The number of hydrogen-bond donors (Lipinski definition) is 0. The maximum atomic E-state index is 13.8. The Balaban J connectivity index is 1.45. The second-order valence-electron chi connectivity index (χ2n) is 9.23. The molecule has 0 fully saturated rings. The Kier molecular flexibility index (Phi) is 6.24. The van der Waals surface area contributed by atoms with Crippen LogP contribution in [0.2, 0.25) is 0 Å². The van der Waals surface area contributed by atoms with E-state index < -0.39 is 16.9 Å². The number of hydrogen-bond acceptors (Lipinski definition) is 9. The van der Waals surface area contributed by atoms with Gasteiger partial charge < -0.3 is 4.42 Å². The summed E-state index contributed by atoms with van der Waals surface area (Å²) in [5.74, 6) is 0.0200. The monoisotopic (exact) mass is 556 g/mol. The fourth-order valence-electron chi connectivity index (χ4n) is 4.60. The van der Waals surface area contributed by atoms with Crippen LogP contribution in [0.25, 0.3) is 11.0 Å². The van der Waals surface area contributed by atoms with Crippen molar-refractivity contribution >= 4 is 50.8 Å². The van der Waals surface area contributed by atoms with Crippen molar-refractivity contribution in [2.45, 2.75) is 30.0 Å². The standard InChI is InChI=1S/C28H20N4O5S2/c1-15-6-9-17(10-7-15)14-38-28-30-29-27(39-28)31-23(18-4-3-5-19(13-18)32(35)36)22-24(33)20-12-16(2)8-11-21(20)37-25(22)26(31)34/h3-13,23H,14H2,1-2H3/t23-/m0/s1. The van der Waals surface area contributed by atoms with E-state index in [-0.39, 0.29) is 27.6 Å². The zero-order valence-corrected chi connectivity index (χ0v) is 22.4. The number of amides is 1. The Morgan fingerprint density at radius 3 is 2.56 bits per heavy atom. The Hall–Kier alpha value is -4.35. The van der Waals surface area contributed by atoms with Crippen LogP contribution in [-0.2, 0) is 5.75 Å². The molecule has 0 bridgehead atoms. The quantitative estimate of drug-likeness (QED) is 0.105. The van der Waals surface area contributed by atoms with Crippen LogP contribution in [0.4, 0.5) is 10.8 Å². The fourth-order valence-corrected chi connectivity index (χ4v) is 6.42. The van der Waals surface area contributed by atoms with Gasteiger partial charge in [-0.25, -0.2) is 0 Å². The van der Waals surface area contributed by atoms with Gasteiger partial charge in [-0.1, -0.05) is 76.7 Å². The molecule has 194 valence electrons. The van der Waals surface area contributed by atoms with E-state index in [1.165, 1.54) is 51.8 Å². The molecular formula is C28H20N4O5S2. The number of aromatic nitrogens is 2. The smallest absolute Gasteiger partial charge is 0.297 e. The largest absolute Gasteiger partial charge is 0.450 e. The SMILES string of the molecule is Cc1ccc(CSc2nnc(N3C(=O)c4oc5ccc(C)cc5c(=O)c4[C@@H]3c3cccc([N+](=O)[O-])c3)s2)cc1. The molecule has 3 heterocycles. The van der Waals surface area contributed by atoms with Crippen LogP contribution in [0.5, 0.6) is 0 Å². The highest BCUT2D eigenvalue weighted by Crippen LogP contribution is 2.44. The summed E-state index contributed by atoms with van der Waals surface area (Å²) in [6, 6.07) is 18.3. The van der Waals surface area contributed by atoms with E-state index in [0.717, 1.165) is 11.1 Å². The number of fused-ring (bicyclic) bond motifs is 2. The van der Waals surface area contributed by atoms with Crippen LogP contribution in [0.15, 0.2) is 80.3 Å². The van der Waals surface area contributed by atoms with Crippen LogP contribution in [0, 0.1) is 24.0 Å². The minimum Gasteiger partial charge on any atom is -0.450 e. The lowest BCUT2D eigenvalue weighted by Crippen LogP contribution is -2.29. The molecular weight excluding hydrogens is 536 g/mol. The Bertz CT molecular complexity index is 1830. The van der Waals surface area contributed by atoms with Crippen LogP contribution < -0.4 is 10.3 Å². The average molecular weight is 557 g/mol. The molecule has 1 amide bonds. The van der Waals surface area contributed by atoms with Crippen LogP contribution in [0.3, 0.4) is 0 Å². The van der Waals surface area contributed by atoms with Gasteiger partial charge in [0.2, 0.25) is 10.9 Å². The molecule has 39 heavy (non-hydrogen) atoms. The number of anilines is 1. The van der Waals surface area contributed by atoms with Crippen molar-refractivity contribution < 1.29 is 14.1 Å². The lowest BCUT2D eigenvalue weighted by Gasteiger charge is -2.21. The highest BCUT2D eigenvalue weighted by molar-refractivity contribution is 8.00. The van der Waals surface area contributed by atoms with Gasteiger partial charge in [0.15, 0.2) is 9.77 Å². The number of aryl methyl sites for hydroxylation is 2. The molecule has 6 rings (SSSR count). The summed E-state index contributed by atoms with van der Waals surface area (Å²) >= 11 is 2.70. The van der Waals surface area contributed by atoms with Crippen LogP contribution in [0.1, 0.15) is 44.4 Å². The third-order valence-corrected chi connectivity index (χ3v) is 8.63. The molecule has 1 aliphatic heterocycles. The number of benzene rings is 3. The molecule has 0 spiro atoms. The minimum absolute atomic E-state index is 0.100. The lowest BCUT2D eigenvalue weighted by atomic mass is 9.98. The molecule has 0 radical (unpaired) electrons. The average Bonchev–Trinajstić information content (AvgIpc) is 3.51. The van der Waals surface area contributed by atoms with Crippen LogP contribution in [-0.4, -0.2) is 21.0 Å². The molecule has 1 atom stereocenters. The van der Waals surface area contributed by atoms with Crippen molar-refractivity contribution in [2.24, 2.45) is 0 Å². The number of nitro benzene ring substituents is 1. The van der Waals surface area contributed by atoms with Gasteiger partial charge in [-0.15, -0.1) is 10.2 Å². The Morgan fingerprint density at radius 2 is 1.79 bits per heavy atom. The number of thioether (sulfide) groups is 1. The topological polar surface area (TPSA) is 119 Å². The molecule has 2 aromatic heterocycles. The summed E-state index contributed by atoms with van der Waals surface area (Å²) in [5.41, 5.74) is 3.47. The van der Waals surface area contributed by atoms with E-state index in [1.807, 2.05) is 38.1 Å². The van der Waals surface area contributed by atoms with Crippen molar-refractivity contribution in [1.82, 2.24) is 10.2 Å². The number of nitrogens with zero attached hydrogens (tertiary/aromatic N) is 4. The first kappa shape index (κ1) is 25.0. The number of rotatable bonds is 6. The van der Waals surface area contributed by atoms with Gasteiger partial charge in [-0.2, -0.15) is 0 Å². The minimum atomic E-state index is -0.962. The van der Waals surface area contributed by atoms with Gasteiger partial charge in [0.25, 0.3) is 11.6 Å². The molecule has 0 saturated heterocycles. The number of nitro groups is 1. The molecule has 0 saturated carbocycles. The summed E-state index contributed by atoms with van der Waals surface area (Å²) in [5, 5.41) is 20.7. The van der Waals surface area contributed by atoms with E-state index >= 15 is 0 Å². The van der Waals surface area contributed by atoms with Crippen LogP contribution >= 0.6 is 23.1 Å². The summed E-state index contributed by atoms with van der Waals surface area (Å²) in [7, 11) is 0. The highest BCUT2D eigenvalue weighted by atomic mass is 32.2. The zero-order chi connectivity index (χ0) is 27.3. The highest BCUT2D eigenvalue weighted by Gasteiger charge is 2.45. The molecule has 1 aliphatic rings. The van der Waals surface area contributed by atoms with Gasteiger partial charge in [0.1, 0.15) is 5.58 Å². The normalized spacial score (nSPS) is 14.7. The molecule has 3 aromatic carbocycles. The van der Waals surface area contributed by atoms with E-state index in [0.29, 0.717) is 26.6 Å². The maximum Gasteiger partial charge on any atom is 0.297 e. The predicted molar refractivity (Wildman–Crippen MR) is 150 cm³/mol. The molecule has 9 nitrogen and oxygen atoms in total. The molecule has 0 unspecified atom stereocenters. The number of carbonyl (C=O) groups excluding carboxylic acids is 1. The van der Waals surface area contributed by atoms with Gasteiger partial charge >= 0.3 is 0 Å². The van der Waals surface area contributed by atoms with Crippen molar-refractivity contribution in [3.05, 3.63) is 121 Å². The van der Waals surface area contributed by atoms with Gasteiger partial charge in [-0.05, 0) is 37.1 Å². The Morgan fingerprint density at radius 1 is 1.03 bits per heavy atom. The summed E-state index contributed by atoms with van der Waals surface area (Å²) in [4.78, 5) is 39.9. The second kappa shape index (κ2) is 9.75. The van der Waals surface area contributed by atoms with E-state index in [1.54, 1.807) is 24.3 Å². The lowest BCUT2D eigenvalue weighted by molar-refractivity contribution is -0.384. The zero-order valence-electron chi connectivity index (χ0n) is 20.8. The second-order valence-corrected chi connectivity index (χ2v) is 11.4. The third kappa shape index (κ3) is 4.49. The molecule has 0 N–H and O–H groups in total. The summed E-state index contributed by atoms with van der Waals surface area (Å²) in [6.07, 6.45) is 0. The molecule has 11 heteroatoms. The first-order chi connectivity index (χ1) is 18.8. The van der Waals surface area contributed by atoms with Gasteiger partial charge in [-0.3, -0.25) is 24.6 Å². The number of non-ortho nitro benzene ring substituents is 1. The van der Waals surface area contributed by atoms with Gasteiger partial charge in [0, 0.05) is 17.9 Å². The predicted octanol–water partition coefficient (Wildman–Crippen LogP) is 6.21. The maximum absolute atomic E-state index is 13.8. The first-order valence-electron chi connectivity index (χ1n) is 12.0. The third-order valence-electron chi connectivity index (χ3n) is 6.51. The molecule has 5 aromatic rings. The first-order valence-corrected chi connectivity index (χ1v) is 13.8. The fraction of sp³-hybridized carbons (Fsp3) is 0.143. The van der Waals surface area contributed by atoms with Crippen molar-refractivity contribution in [3.8, 4) is 0 Å². The van der Waals surface area contributed by atoms with E-state index in [2.05, 4.69) is 10.2 Å². The van der Waals surface area contributed by atoms with E-state index in [9.17, 15) is 19.7 Å².